The molecule has 1 amide bonds. The van der Waals surface area contributed by atoms with E-state index >= 15 is 0 Å². The summed E-state index contributed by atoms with van der Waals surface area (Å²) in [5.41, 5.74) is 0.595. The maximum Gasteiger partial charge on any atom is 0.320 e. The number of anilines is 1. The van der Waals surface area contributed by atoms with E-state index in [2.05, 4.69) is 5.32 Å². The Hall–Kier alpha value is -2.57. The van der Waals surface area contributed by atoms with Gasteiger partial charge >= 0.3 is 5.97 Å². The van der Waals surface area contributed by atoms with Crippen molar-refractivity contribution in [2.45, 2.75) is 25.3 Å². The summed E-state index contributed by atoms with van der Waals surface area (Å²) in [5.74, 6) is 0.280. The highest BCUT2D eigenvalue weighted by Crippen LogP contribution is 2.29. The maximum atomic E-state index is 12.3. The molecule has 6 nitrogen and oxygen atoms in total. The number of aliphatic carboxylic acids is 1. The standard InChI is InChI=1S/C20H22N2O4.ClH/c23-19(12-14-22-13-6-10-17(22)20(24)25)21-16-9-4-5-11-18(16)26-15-7-2-1-3-8-15;/h1-5,7-9,11,17H,6,10,12-14H2,(H,21,23)(H,24,25);1H/t17-;/m0./s1. The molecule has 1 saturated heterocycles. The van der Waals surface area contributed by atoms with Crippen LogP contribution in [0.4, 0.5) is 5.69 Å². The number of para-hydroxylation sites is 3. The molecule has 0 bridgehead atoms. The van der Waals surface area contributed by atoms with Crippen molar-refractivity contribution in [3.05, 3.63) is 54.6 Å². The van der Waals surface area contributed by atoms with Gasteiger partial charge < -0.3 is 15.2 Å². The van der Waals surface area contributed by atoms with Crippen LogP contribution in [0, 0.1) is 0 Å². The molecule has 1 aliphatic heterocycles. The van der Waals surface area contributed by atoms with E-state index in [1.54, 1.807) is 12.1 Å². The summed E-state index contributed by atoms with van der Waals surface area (Å²) < 4.78 is 5.83. The van der Waals surface area contributed by atoms with Gasteiger partial charge in [0, 0.05) is 13.0 Å². The van der Waals surface area contributed by atoms with Crippen LogP contribution in [0.2, 0.25) is 0 Å². The molecule has 1 heterocycles. The number of hydrogen-bond donors (Lipinski definition) is 2. The lowest BCUT2D eigenvalue weighted by molar-refractivity contribution is -0.142. The van der Waals surface area contributed by atoms with Crippen molar-refractivity contribution in [3.8, 4) is 11.5 Å². The Labute approximate surface area is 164 Å². The van der Waals surface area contributed by atoms with Crippen LogP contribution in [0.5, 0.6) is 11.5 Å². The minimum atomic E-state index is -0.815. The molecule has 1 fully saturated rings. The number of benzene rings is 2. The molecular weight excluding hydrogens is 368 g/mol. The Balaban J connectivity index is 0.00000261. The first-order chi connectivity index (χ1) is 12.6. The van der Waals surface area contributed by atoms with Crippen molar-refractivity contribution < 1.29 is 19.4 Å². The van der Waals surface area contributed by atoms with Crippen molar-refractivity contribution in [2.75, 3.05) is 18.4 Å². The van der Waals surface area contributed by atoms with E-state index in [0.717, 1.165) is 13.0 Å². The quantitative estimate of drug-likeness (QED) is 0.752. The summed E-state index contributed by atoms with van der Waals surface area (Å²) in [7, 11) is 0. The van der Waals surface area contributed by atoms with E-state index in [1.807, 2.05) is 47.4 Å². The van der Waals surface area contributed by atoms with Crippen LogP contribution in [0.15, 0.2) is 54.6 Å². The summed E-state index contributed by atoms with van der Waals surface area (Å²) in [6, 6.07) is 16.1. The minimum absolute atomic E-state index is 0. The van der Waals surface area contributed by atoms with Gasteiger partial charge in [-0.2, -0.15) is 0 Å². The highest BCUT2D eigenvalue weighted by atomic mass is 35.5. The number of rotatable bonds is 7. The van der Waals surface area contributed by atoms with E-state index in [0.29, 0.717) is 30.2 Å². The average molecular weight is 391 g/mol. The number of amides is 1. The van der Waals surface area contributed by atoms with E-state index in [1.165, 1.54) is 0 Å². The third-order valence-electron chi connectivity index (χ3n) is 4.41. The molecule has 3 rings (SSSR count). The summed E-state index contributed by atoms with van der Waals surface area (Å²) in [5, 5.41) is 12.1. The van der Waals surface area contributed by atoms with Gasteiger partial charge in [0.15, 0.2) is 5.75 Å². The lowest BCUT2D eigenvalue weighted by Crippen LogP contribution is -2.37. The van der Waals surface area contributed by atoms with E-state index in [-0.39, 0.29) is 24.7 Å². The molecule has 1 atom stereocenters. The Morgan fingerprint density at radius 1 is 1.11 bits per heavy atom. The van der Waals surface area contributed by atoms with Gasteiger partial charge in [-0.1, -0.05) is 30.3 Å². The van der Waals surface area contributed by atoms with Crippen molar-refractivity contribution >= 4 is 30.0 Å². The maximum absolute atomic E-state index is 12.3. The molecule has 2 aromatic rings. The molecule has 27 heavy (non-hydrogen) atoms. The van der Waals surface area contributed by atoms with Crippen LogP contribution >= 0.6 is 12.4 Å². The average Bonchev–Trinajstić information content (AvgIpc) is 3.11. The first kappa shape index (κ1) is 20.7. The zero-order valence-electron chi connectivity index (χ0n) is 14.8. The predicted molar refractivity (Wildman–Crippen MR) is 106 cm³/mol. The minimum Gasteiger partial charge on any atom is -0.480 e. The molecule has 7 heteroatoms. The molecule has 1 aliphatic rings. The highest BCUT2D eigenvalue weighted by Gasteiger charge is 2.30. The largest absolute Gasteiger partial charge is 0.480 e. The van der Waals surface area contributed by atoms with Crippen molar-refractivity contribution in [2.24, 2.45) is 0 Å². The fourth-order valence-corrected chi connectivity index (χ4v) is 3.11. The summed E-state index contributed by atoms with van der Waals surface area (Å²) in [4.78, 5) is 25.4. The molecule has 2 aromatic carbocycles. The number of carbonyl (C=O) groups is 2. The van der Waals surface area contributed by atoms with E-state index < -0.39 is 12.0 Å². The third kappa shape index (κ3) is 5.70. The fraction of sp³-hybridized carbons (Fsp3) is 0.300. The number of carboxylic acids is 1. The highest BCUT2D eigenvalue weighted by molar-refractivity contribution is 5.92. The van der Waals surface area contributed by atoms with Crippen molar-refractivity contribution in [3.63, 3.8) is 0 Å². The normalized spacial score (nSPS) is 16.4. The van der Waals surface area contributed by atoms with Crippen LogP contribution in [0.1, 0.15) is 19.3 Å². The molecule has 0 unspecified atom stereocenters. The number of halogens is 1. The third-order valence-corrected chi connectivity index (χ3v) is 4.41. The molecule has 0 aromatic heterocycles. The first-order valence-corrected chi connectivity index (χ1v) is 8.72. The number of likely N-dealkylation sites (tertiary alicyclic amines) is 1. The Bertz CT molecular complexity index is 770. The second-order valence-corrected chi connectivity index (χ2v) is 6.24. The van der Waals surface area contributed by atoms with Crippen molar-refractivity contribution in [1.29, 1.82) is 0 Å². The molecular formula is C20H23ClN2O4. The number of nitrogens with zero attached hydrogens (tertiary/aromatic N) is 1. The van der Waals surface area contributed by atoms with E-state index in [4.69, 9.17) is 4.74 Å². The fourth-order valence-electron chi connectivity index (χ4n) is 3.11. The van der Waals surface area contributed by atoms with Gasteiger partial charge in [-0.05, 0) is 43.7 Å². The first-order valence-electron chi connectivity index (χ1n) is 8.72. The number of ether oxygens (including phenoxy) is 1. The van der Waals surface area contributed by atoms with Gasteiger partial charge in [0.05, 0.1) is 5.69 Å². The number of hydrogen-bond acceptors (Lipinski definition) is 4. The molecule has 0 spiro atoms. The van der Waals surface area contributed by atoms with Crippen molar-refractivity contribution in [1.82, 2.24) is 4.90 Å². The van der Waals surface area contributed by atoms with Gasteiger partial charge in [-0.3, -0.25) is 14.5 Å². The van der Waals surface area contributed by atoms with Crippen LogP contribution in [0.25, 0.3) is 0 Å². The SMILES string of the molecule is Cl.O=C(CCN1CCC[C@H]1C(=O)O)Nc1ccccc1Oc1ccccc1. The van der Waals surface area contributed by atoms with Crippen LogP contribution in [-0.4, -0.2) is 41.0 Å². The lowest BCUT2D eigenvalue weighted by atomic mass is 10.2. The van der Waals surface area contributed by atoms with Gasteiger partial charge in [0.25, 0.3) is 0 Å². The monoisotopic (exact) mass is 390 g/mol. The Kier molecular flexibility index (Phi) is 7.64. The van der Waals surface area contributed by atoms with Gasteiger partial charge in [-0.25, -0.2) is 0 Å². The molecule has 144 valence electrons. The van der Waals surface area contributed by atoms with Crippen LogP contribution < -0.4 is 10.1 Å². The Morgan fingerprint density at radius 3 is 2.56 bits per heavy atom. The predicted octanol–water partition coefficient (Wildman–Crippen LogP) is 3.78. The smallest absolute Gasteiger partial charge is 0.320 e. The summed E-state index contributed by atoms with van der Waals surface area (Å²) in [6.45, 7) is 1.16. The number of carboxylic acid groups (broad SMARTS) is 1. The van der Waals surface area contributed by atoms with Gasteiger partial charge in [0.1, 0.15) is 11.8 Å². The molecule has 0 aliphatic carbocycles. The van der Waals surface area contributed by atoms with Crippen LogP contribution in [0.3, 0.4) is 0 Å². The van der Waals surface area contributed by atoms with Gasteiger partial charge in [0.2, 0.25) is 5.91 Å². The molecule has 2 N–H and O–H groups in total. The van der Waals surface area contributed by atoms with E-state index in [9.17, 15) is 14.7 Å². The summed E-state index contributed by atoms with van der Waals surface area (Å²) >= 11 is 0. The zero-order chi connectivity index (χ0) is 18.4. The summed E-state index contributed by atoms with van der Waals surface area (Å²) in [6.07, 6.45) is 1.74. The second-order valence-electron chi connectivity index (χ2n) is 6.24. The number of nitrogens with one attached hydrogen (secondary N) is 1. The van der Waals surface area contributed by atoms with Crippen LogP contribution in [-0.2, 0) is 9.59 Å². The lowest BCUT2D eigenvalue weighted by Gasteiger charge is -2.20. The van der Waals surface area contributed by atoms with Gasteiger partial charge in [-0.15, -0.1) is 12.4 Å². The number of carbonyl (C=O) groups excluding carboxylic acids is 1. The molecule has 0 radical (unpaired) electrons. The topological polar surface area (TPSA) is 78.9 Å². The Morgan fingerprint density at radius 2 is 1.81 bits per heavy atom. The zero-order valence-corrected chi connectivity index (χ0v) is 15.7. The molecule has 0 saturated carbocycles. The second kappa shape index (κ2) is 9.94.